The zero-order chi connectivity index (χ0) is 29.8. The molecule has 0 amide bonds. The fraction of sp³-hybridized carbons (Fsp3) is 0.696. The first-order valence-corrected chi connectivity index (χ1v) is 14.1. The molecule has 1 aliphatic rings. The number of aliphatic hydroxyl groups excluding tert-OH is 1. The number of imidazole rings is 1. The molecule has 16 nitrogen and oxygen atoms in total. The second-order valence-corrected chi connectivity index (χ2v) is 11.6. The third-order valence-corrected chi connectivity index (χ3v) is 7.12. The molecular weight excluding hydrogens is 553 g/mol. The Morgan fingerprint density at radius 3 is 2.45 bits per heavy atom. The molecule has 2 aromatic rings. The first-order valence-electron chi connectivity index (χ1n) is 12.5. The number of carbonyl (C=O) groups excluding carboxylic acids is 2. The molecule has 0 spiro atoms. The Kier molecular flexibility index (Phi) is 10.2. The van der Waals surface area contributed by atoms with E-state index in [0.717, 1.165) is 0 Å². The zero-order valence-corrected chi connectivity index (χ0v) is 24.3. The van der Waals surface area contributed by atoms with Gasteiger partial charge in [0.05, 0.1) is 32.3 Å². The number of nitrogens with one attached hydrogen (secondary N) is 1. The van der Waals surface area contributed by atoms with Crippen molar-refractivity contribution < 1.29 is 52.4 Å². The summed E-state index contributed by atoms with van der Waals surface area (Å²) in [5.74, 6) is -0.965. The van der Waals surface area contributed by atoms with Gasteiger partial charge in [-0.15, -0.1) is 0 Å². The average molecular weight is 590 g/mol. The van der Waals surface area contributed by atoms with Crippen LogP contribution in [0.3, 0.4) is 0 Å². The van der Waals surface area contributed by atoms with Gasteiger partial charge in [0.1, 0.15) is 30.2 Å². The highest BCUT2D eigenvalue weighted by molar-refractivity contribution is 7.51. The largest absolute Gasteiger partial charge is 0.479 e. The summed E-state index contributed by atoms with van der Waals surface area (Å²) >= 11 is 0. The van der Waals surface area contributed by atoms with E-state index in [1.807, 2.05) is 0 Å². The second kappa shape index (κ2) is 12.9. The van der Waals surface area contributed by atoms with Crippen molar-refractivity contribution in [2.75, 3.05) is 26.9 Å². The number of fused-ring (bicyclic) bond motifs is 1. The average Bonchev–Trinajstić information content (AvgIpc) is 3.37. The number of ether oxygens (including phenoxy) is 4. The van der Waals surface area contributed by atoms with E-state index in [1.165, 1.54) is 24.9 Å². The van der Waals surface area contributed by atoms with Crippen LogP contribution in [0.25, 0.3) is 11.2 Å². The van der Waals surface area contributed by atoms with Crippen molar-refractivity contribution in [2.24, 2.45) is 0 Å². The van der Waals surface area contributed by atoms with Crippen LogP contribution >= 0.6 is 7.75 Å². The summed E-state index contributed by atoms with van der Waals surface area (Å²) in [6.45, 7) is 7.64. The lowest BCUT2D eigenvalue weighted by atomic mass is 9.96. The van der Waals surface area contributed by atoms with Crippen LogP contribution in [0, 0.1) is 6.92 Å². The summed E-state index contributed by atoms with van der Waals surface area (Å²) in [7, 11) is -2.92. The van der Waals surface area contributed by atoms with Crippen LogP contribution in [0.15, 0.2) is 6.33 Å². The van der Waals surface area contributed by atoms with Gasteiger partial charge < -0.3 is 29.2 Å². The molecule has 0 aliphatic carbocycles. The molecule has 0 radical (unpaired) electrons. The summed E-state index contributed by atoms with van der Waals surface area (Å²) in [6.07, 6.45) is -3.48. The topological polar surface area (TPSA) is 203 Å². The van der Waals surface area contributed by atoms with Crippen molar-refractivity contribution in [1.82, 2.24) is 24.6 Å². The maximum Gasteiger partial charge on any atom is 0.406 e. The molecular formula is C23H36N5O11P. The number of aryl methyl sites for hydroxylation is 1. The minimum atomic E-state index is -4.35. The molecule has 224 valence electrons. The van der Waals surface area contributed by atoms with Crippen LogP contribution in [-0.2, 0) is 37.4 Å². The highest BCUT2D eigenvalue weighted by atomic mass is 31.2. The van der Waals surface area contributed by atoms with Crippen molar-refractivity contribution in [2.45, 2.75) is 77.8 Å². The normalized spacial score (nSPS) is 24.4. The van der Waals surface area contributed by atoms with Crippen LogP contribution in [0.1, 0.15) is 46.7 Å². The van der Waals surface area contributed by atoms with Crippen LogP contribution in [-0.4, -0.2) is 98.6 Å². The van der Waals surface area contributed by atoms with Gasteiger partial charge in [0.25, 0.3) is 0 Å². The summed E-state index contributed by atoms with van der Waals surface area (Å²) < 4.78 is 46.6. The molecule has 3 rings (SSSR count). The molecule has 2 unspecified atom stereocenters. The lowest BCUT2D eigenvalue weighted by Crippen LogP contribution is -2.44. The molecule has 17 heteroatoms. The van der Waals surface area contributed by atoms with Gasteiger partial charge in [-0.2, -0.15) is 4.98 Å². The van der Waals surface area contributed by atoms with E-state index >= 15 is 0 Å². The third-order valence-electron chi connectivity index (χ3n) is 5.61. The Bertz CT molecular complexity index is 1220. The fourth-order valence-electron chi connectivity index (χ4n) is 3.89. The Balaban J connectivity index is 1.78. The molecule has 1 fully saturated rings. The Hall–Kier alpha value is -2.72. The molecule has 3 heterocycles. The van der Waals surface area contributed by atoms with Crippen molar-refractivity contribution in [3.63, 3.8) is 0 Å². The molecule has 0 saturated carbocycles. The molecule has 0 bridgehead atoms. The maximum absolute atomic E-state index is 13.4. The van der Waals surface area contributed by atoms with Crippen molar-refractivity contribution in [3.8, 4) is 5.88 Å². The Labute approximate surface area is 230 Å². The molecule has 40 heavy (non-hydrogen) atoms. The molecule has 1 aliphatic heterocycles. The molecule has 3 N–H and O–H groups in total. The van der Waals surface area contributed by atoms with E-state index in [-0.39, 0.29) is 11.5 Å². The monoisotopic (exact) mass is 589 g/mol. The fourth-order valence-corrected chi connectivity index (χ4v) is 5.09. The van der Waals surface area contributed by atoms with Gasteiger partial charge in [0.2, 0.25) is 5.88 Å². The number of hydrogen-bond donors (Lipinski definition) is 3. The first-order chi connectivity index (χ1) is 18.7. The SMILES string of the molecule is COc1nc(C)nc2c1ncn2[C@@H]1O[C@H](COP(=O)(NCC(=O)OC(C)C)OCC(=O)OC(C)C)C(O)[C@]1(C)O. The smallest absolute Gasteiger partial charge is 0.406 e. The molecule has 0 aromatic carbocycles. The Morgan fingerprint density at radius 1 is 1.18 bits per heavy atom. The van der Waals surface area contributed by atoms with E-state index in [0.29, 0.717) is 11.3 Å². The second-order valence-electron chi connectivity index (χ2n) is 9.78. The Morgan fingerprint density at radius 2 is 1.82 bits per heavy atom. The number of hydrogen-bond acceptors (Lipinski definition) is 14. The van der Waals surface area contributed by atoms with E-state index in [1.54, 1.807) is 34.6 Å². The number of aliphatic hydroxyl groups is 2. The number of esters is 2. The van der Waals surface area contributed by atoms with Crippen LogP contribution in [0.4, 0.5) is 0 Å². The van der Waals surface area contributed by atoms with E-state index in [4.69, 9.17) is 28.0 Å². The van der Waals surface area contributed by atoms with E-state index in [2.05, 4.69) is 20.0 Å². The predicted molar refractivity (Wildman–Crippen MR) is 137 cm³/mol. The minimum Gasteiger partial charge on any atom is -0.479 e. The standard InChI is InChI=1S/C23H36N5O11P/c1-12(2)37-16(29)8-25-40(33,36-10-17(30)38-13(3)4)35-9-15-19(31)23(6,32)22(39-15)28-11-24-18-20(28)26-14(5)27-21(18)34-7/h11-13,15,19,22,31-32H,8-10H2,1-7H3,(H,25,33)/t15-,19?,22-,23+,40?/m1/s1. The van der Waals surface area contributed by atoms with Crippen LogP contribution < -0.4 is 9.82 Å². The molecule has 5 atom stereocenters. The van der Waals surface area contributed by atoms with Crippen molar-refractivity contribution in [1.29, 1.82) is 0 Å². The zero-order valence-electron chi connectivity index (χ0n) is 23.4. The first kappa shape index (κ1) is 31.8. The number of aromatic nitrogens is 4. The van der Waals surface area contributed by atoms with Gasteiger partial charge in [0, 0.05) is 0 Å². The van der Waals surface area contributed by atoms with Crippen molar-refractivity contribution in [3.05, 3.63) is 12.2 Å². The van der Waals surface area contributed by atoms with Gasteiger partial charge in [-0.05, 0) is 41.5 Å². The quantitative estimate of drug-likeness (QED) is 0.218. The van der Waals surface area contributed by atoms with Gasteiger partial charge >= 0.3 is 19.7 Å². The lowest BCUT2D eigenvalue weighted by Gasteiger charge is -2.27. The number of nitrogens with zero attached hydrogens (tertiary/aromatic N) is 4. The summed E-state index contributed by atoms with van der Waals surface area (Å²) in [5, 5.41) is 24.4. The third kappa shape index (κ3) is 7.51. The number of methoxy groups -OCH3 is 1. The number of carbonyl (C=O) groups is 2. The van der Waals surface area contributed by atoms with E-state index < -0.39 is 75.7 Å². The maximum atomic E-state index is 13.4. The number of rotatable bonds is 13. The van der Waals surface area contributed by atoms with Crippen LogP contribution in [0.2, 0.25) is 0 Å². The van der Waals surface area contributed by atoms with Gasteiger partial charge in [-0.3, -0.25) is 18.4 Å². The van der Waals surface area contributed by atoms with Crippen LogP contribution in [0.5, 0.6) is 5.88 Å². The molecule has 2 aromatic heterocycles. The highest BCUT2D eigenvalue weighted by Gasteiger charge is 2.54. The van der Waals surface area contributed by atoms with E-state index in [9.17, 15) is 24.4 Å². The summed E-state index contributed by atoms with van der Waals surface area (Å²) in [6, 6.07) is 0. The predicted octanol–water partition coefficient (Wildman–Crippen LogP) is 0.787. The van der Waals surface area contributed by atoms with Gasteiger partial charge in [-0.25, -0.2) is 24.4 Å². The highest BCUT2D eigenvalue weighted by Crippen LogP contribution is 2.46. The minimum absolute atomic E-state index is 0.218. The molecule has 1 saturated heterocycles. The summed E-state index contributed by atoms with van der Waals surface area (Å²) in [4.78, 5) is 36.7. The lowest BCUT2D eigenvalue weighted by molar-refractivity contribution is -0.150. The van der Waals surface area contributed by atoms with Gasteiger partial charge in [-0.1, -0.05) is 0 Å². The summed E-state index contributed by atoms with van der Waals surface area (Å²) in [5.41, 5.74) is -1.29. The van der Waals surface area contributed by atoms with Gasteiger partial charge in [0.15, 0.2) is 24.0 Å². The van der Waals surface area contributed by atoms with Crippen molar-refractivity contribution >= 4 is 30.8 Å².